The first-order valence-corrected chi connectivity index (χ1v) is 6.89. The van der Waals surface area contributed by atoms with E-state index in [4.69, 9.17) is 4.74 Å². The third-order valence-corrected chi connectivity index (χ3v) is 3.68. The lowest BCUT2D eigenvalue weighted by Gasteiger charge is -2.14. The van der Waals surface area contributed by atoms with E-state index in [-0.39, 0.29) is 0 Å². The Balaban J connectivity index is 1.56. The molecule has 0 atom stereocenters. The van der Waals surface area contributed by atoms with Crippen LogP contribution in [-0.4, -0.2) is 12.1 Å². The summed E-state index contributed by atoms with van der Waals surface area (Å²) >= 11 is 0. The Morgan fingerprint density at radius 1 is 1.12 bits per heavy atom. The van der Waals surface area contributed by atoms with Gasteiger partial charge in [0.2, 0.25) is 0 Å². The highest BCUT2D eigenvalue weighted by Gasteiger charge is 2.20. The van der Waals surface area contributed by atoms with Gasteiger partial charge in [-0.3, -0.25) is 0 Å². The van der Waals surface area contributed by atoms with E-state index < -0.39 is 0 Å². The maximum atomic E-state index is 6.01. The summed E-state index contributed by atoms with van der Waals surface area (Å²) in [6, 6.07) is 9.33. The van der Waals surface area contributed by atoms with Gasteiger partial charge in [-0.1, -0.05) is 12.1 Å². The summed E-state index contributed by atoms with van der Waals surface area (Å²) in [6.45, 7) is 0.979. The third kappa shape index (κ3) is 3.22. The van der Waals surface area contributed by atoms with Crippen molar-refractivity contribution in [3.63, 3.8) is 0 Å². The maximum absolute atomic E-state index is 6.01. The highest BCUT2D eigenvalue weighted by Crippen LogP contribution is 2.25. The van der Waals surface area contributed by atoms with E-state index in [1.54, 1.807) is 0 Å². The highest BCUT2D eigenvalue weighted by atomic mass is 16.5. The summed E-state index contributed by atoms with van der Waals surface area (Å²) in [7, 11) is 0. The van der Waals surface area contributed by atoms with Crippen LogP contribution in [0, 0.1) is 0 Å². The van der Waals surface area contributed by atoms with Gasteiger partial charge < -0.3 is 10.1 Å². The van der Waals surface area contributed by atoms with E-state index in [1.807, 2.05) is 0 Å². The molecule has 0 saturated heterocycles. The van der Waals surface area contributed by atoms with Crippen molar-refractivity contribution < 1.29 is 4.74 Å². The van der Waals surface area contributed by atoms with Crippen LogP contribution in [0.3, 0.4) is 0 Å². The molecule has 92 valence electrons. The van der Waals surface area contributed by atoms with Gasteiger partial charge >= 0.3 is 0 Å². The molecule has 0 unspecified atom stereocenters. The van der Waals surface area contributed by atoms with E-state index in [1.165, 1.54) is 44.1 Å². The fourth-order valence-corrected chi connectivity index (χ4v) is 2.48. The van der Waals surface area contributed by atoms with Gasteiger partial charge in [-0.05, 0) is 56.2 Å². The van der Waals surface area contributed by atoms with E-state index in [0.717, 1.165) is 18.3 Å². The van der Waals surface area contributed by atoms with Crippen LogP contribution in [0.2, 0.25) is 0 Å². The Morgan fingerprint density at radius 3 is 2.71 bits per heavy atom. The number of hydrogen-bond donors (Lipinski definition) is 1. The highest BCUT2D eigenvalue weighted by molar-refractivity contribution is 5.28. The molecule has 0 spiro atoms. The molecule has 2 aliphatic rings. The molecule has 1 aromatic carbocycles. The Kier molecular flexibility index (Phi) is 3.32. The molecule has 2 saturated carbocycles. The summed E-state index contributed by atoms with van der Waals surface area (Å²) in [5.74, 6) is 1.05. The lowest BCUT2D eigenvalue weighted by molar-refractivity contribution is 0.210. The third-order valence-electron chi connectivity index (χ3n) is 3.68. The quantitative estimate of drug-likeness (QED) is 0.840. The van der Waals surface area contributed by atoms with Gasteiger partial charge in [0.15, 0.2) is 0 Å². The normalized spacial score (nSPS) is 20.7. The molecule has 2 fully saturated rings. The van der Waals surface area contributed by atoms with Gasteiger partial charge in [-0.15, -0.1) is 0 Å². The predicted molar refractivity (Wildman–Crippen MR) is 69.2 cm³/mol. The monoisotopic (exact) mass is 231 g/mol. The molecule has 3 rings (SSSR count). The number of rotatable bonds is 5. The van der Waals surface area contributed by atoms with Crippen molar-refractivity contribution in [2.45, 2.75) is 57.2 Å². The molecule has 0 aliphatic heterocycles. The fraction of sp³-hybridized carbons (Fsp3) is 0.600. The molecule has 0 bridgehead atoms. The number of hydrogen-bond acceptors (Lipinski definition) is 2. The molecule has 1 N–H and O–H groups in total. The zero-order valence-corrected chi connectivity index (χ0v) is 10.3. The summed E-state index contributed by atoms with van der Waals surface area (Å²) < 4.78 is 6.01. The van der Waals surface area contributed by atoms with Gasteiger partial charge in [-0.2, -0.15) is 0 Å². The predicted octanol–water partition coefficient (Wildman–Crippen LogP) is 3.26. The first-order valence-electron chi connectivity index (χ1n) is 6.89. The van der Waals surface area contributed by atoms with Gasteiger partial charge in [-0.25, -0.2) is 0 Å². The van der Waals surface area contributed by atoms with Gasteiger partial charge in [0.05, 0.1) is 6.10 Å². The standard InChI is InChI=1S/C15H21NO/c1-2-6-14(5-1)17-15-7-3-4-12(10-15)11-16-13-8-9-13/h3-4,7,10,13-14,16H,1-2,5-6,8-9,11H2. The molecular formula is C15H21NO. The second-order valence-electron chi connectivity index (χ2n) is 5.33. The Morgan fingerprint density at radius 2 is 1.94 bits per heavy atom. The Labute approximate surface area is 103 Å². The molecule has 1 aromatic rings. The summed E-state index contributed by atoms with van der Waals surface area (Å²) in [6.07, 6.45) is 8.26. The number of ether oxygens (including phenoxy) is 1. The SMILES string of the molecule is c1cc(CNC2CC2)cc(OC2CCCC2)c1. The van der Waals surface area contributed by atoms with Crippen LogP contribution in [0.4, 0.5) is 0 Å². The minimum absolute atomic E-state index is 0.460. The van der Waals surface area contributed by atoms with Gasteiger partial charge in [0.1, 0.15) is 5.75 Å². The average Bonchev–Trinajstić information content (AvgIpc) is 3.05. The summed E-state index contributed by atoms with van der Waals surface area (Å²) in [5, 5.41) is 3.54. The molecule has 2 nitrogen and oxygen atoms in total. The van der Waals surface area contributed by atoms with E-state index in [0.29, 0.717) is 6.10 Å². The summed E-state index contributed by atoms with van der Waals surface area (Å²) in [4.78, 5) is 0. The van der Waals surface area contributed by atoms with Crippen molar-refractivity contribution in [2.75, 3.05) is 0 Å². The van der Waals surface area contributed by atoms with Crippen molar-refractivity contribution in [3.8, 4) is 5.75 Å². The van der Waals surface area contributed by atoms with E-state index in [2.05, 4.69) is 29.6 Å². The van der Waals surface area contributed by atoms with Crippen molar-refractivity contribution in [1.82, 2.24) is 5.32 Å². The van der Waals surface area contributed by atoms with E-state index in [9.17, 15) is 0 Å². The minimum atomic E-state index is 0.460. The topological polar surface area (TPSA) is 21.3 Å². The van der Waals surface area contributed by atoms with Gasteiger partial charge in [0, 0.05) is 12.6 Å². The molecule has 0 aromatic heterocycles. The molecule has 0 heterocycles. The molecule has 2 aliphatic carbocycles. The number of nitrogens with one attached hydrogen (secondary N) is 1. The molecule has 0 radical (unpaired) electrons. The summed E-state index contributed by atoms with van der Waals surface area (Å²) in [5.41, 5.74) is 1.34. The Bertz CT molecular complexity index is 367. The second-order valence-corrected chi connectivity index (χ2v) is 5.33. The smallest absolute Gasteiger partial charge is 0.120 e. The van der Waals surface area contributed by atoms with Crippen LogP contribution in [0.1, 0.15) is 44.1 Å². The zero-order valence-electron chi connectivity index (χ0n) is 10.3. The van der Waals surface area contributed by atoms with Crippen LogP contribution in [-0.2, 0) is 6.54 Å². The van der Waals surface area contributed by atoms with Gasteiger partial charge in [0.25, 0.3) is 0 Å². The lowest BCUT2D eigenvalue weighted by atomic mass is 10.2. The van der Waals surface area contributed by atoms with Crippen LogP contribution in [0.25, 0.3) is 0 Å². The maximum Gasteiger partial charge on any atom is 0.120 e. The second kappa shape index (κ2) is 5.09. The van der Waals surface area contributed by atoms with Crippen LogP contribution in [0.5, 0.6) is 5.75 Å². The molecule has 17 heavy (non-hydrogen) atoms. The lowest BCUT2D eigenvalue weighted by Crippen LogP contribution is -2.15. The van der Waals surface area contributed by atoms with Crippen molar-refractivity contribution in [3.05, 3.63) is 29.8 Å². The van der Waals surface area contributed by atoms with Crippen molar-refractivity contribution in [2.24, 2.45) is 0 Å². The largest absolute Gasteiger partial charge is 0.490 e. The minimum Gasteiger partial charge on any atom is -0.490 e. The van der Waals surface area contributed by atoms with Crippen LogP contribution in [0.15, 0.2) is 24.3 Å². The Hall–Kier alpha value is -1.02. The first-order chi connectivity index (χ1) is 8.40. The molecule has 0 amide bonds. The number of benzene rings is 1. The van der Waals surface area contributed by atoms with E-state index >= 15 is 0 Å². The fourth-order valence-electron chi connectivity index (χ4n) is 2.48. The first kappa shape index (κ1) is 11.1. The van der Waals surface area contributed by atoms with Crippen molar-refractivity contribution >= 4 is 0 Å². The van der Waals surface area contributed by atoms with Crippen LogP contribution < -0.4 is 10.1 Å². The molecule has 2 heteroatoms. The molecular weight excluding hydrogens is 210 g/mol. The van der Waals surface area contributed by atoms with Crippen LogP contribution >= 0.6 is 0 Å². The average molecular weight is 231 g/mol. The zero-order chi connectivity index (χ0) is 11.5. The van der Waals surface area contributed by atoms with Crippen molar-refractivity contribution in [1.29, 1.82) is 0 Å².